The van der Waals surface area contributed by atoms with Crippen molar-refractivity contribution in [1.29, 1.82) is 0 Å². The van der Waals surface area contributed by atoms with Crippen molar-refractivity contribution >= 4 is 6.21 Å². The first kappa shape index (κ1) is 7.87. The van der Waals surface area contributed by atoms with Crippen LogP contribution >= 0.6 is 0 Å². The zero-order chi connectivity index (χ0) is 8.10. The minimum atomic E-state index is 0.480. The van der Waals surface area contributed by atoms with Crippen molar-refractivity contribution in [1.82, 2.24) is 5.32 Å². The summed E-state index contributed by atoms with van der Waals surface area (Å²) in [5.74, 6) is 3.35. The summed E-state index contributed by atoms with van der Waals surface area (Å²) in [5.41, 5.74) is 1.13. The van der Waals surface area contributed by atoms with Gasteiger partial charge in [-0.1, -0.05) is 19.8 Å². The highest BCUT2D eigenvalue weighted by atomic mass is 14.9. The molecule has 0 radical (unpaired) electrons. The number of nitrogens with one attached hydrogen (secondary N) is 1. The average Bonchev–Trinajstić information content (AvgIpc) is 1.84. The second-order valence-electron chi connectivity index (χ2n) is 2.69. The van der Waals surface area contributed by atoms with E-state index in [-0.39, 0.29) is 0 Å². The third kappa shape index (κ3) is 2.46. The molecule has 0 fully saturated rings. The van der Waals surface area contributed by atoms with Gasteiger partial charge in [0.2, 0.25) is 0 Å². The fourth-order valence-corrected chi connectivity index (χ4v) is 0.766. The number of aliphatic imine (C=N–C) groups is 1. The van der Waals surface area contributed by atoms with Crippen molar-refractivity contribution in [2.24, 2.45) is 10.9 Å². The minimum absolute atomic E-state index is 0.480. The van der Waals surface area contributed by atoms with E-state index in [4.69, 9.17) is 0 Å². The Morgan fingerprint density at radius 3 is 3.18 bits per heavy atom. The van der Waals surface area contributed by atoms with Crippen LogP contribution in [0, 0.1) is 17.9 Å². The van der Waals surface area contributed by atoms with Gasteiger partial charge < -0.3 is 5.32 Å². The lowest BCUT2D eigenvalue weighted by Gasteiger charge is -2.08. The standard InChI is InChI=1S/C9H12N2/c1-8(2)9-4-7-10-5-3-6-11-9/h4,7-8,11H,5H2,1-2H3/b9-4-,10-7?. The zero-order valence-electron chi connectivity index (χ0n) is 6.89. The predicted octanol–water partition coefficient (Wildman–Crippen LogP) is 1.16. The first-order valence-corrected chi connectivity index (χ1v) is 3.74. The zero-order valence-corrected chi connectivity index (χ0v) is 6.89. The van der Waals surface area contributed by atoms with Gasteiger partial charge in [0.1, 0.15) is 6.54 Å². The Morgan fingerprint density at radius 2 is 2.45 bits per heavy atom. The second-order valence-corrected chi connectivity index (χ2v) is 2.69. The van der Waals surface area contributed by atoms with Gasteiger partial charge in [0.15, 0.2) is 0 Å². The molecule has 2 heteroatoms. The van der Waals surface area contributed by atoms with E-state index in [1.54, 1.807) is 6.21 Å². The number of hydrogen-bond donors (Lipinski definition) is 1. The van der Waals surface area contributed by atoms with E-state index in [1.165, 1.54) is 0 Å². The van der Waals surface area contributed by atoms with Crippen LogP contribution in [0.1, 0.15) is 13.8 Å². The molecule has 1 N–H and O–H groups in total. The van der Waals surface area contributed by atoms with Crippen molar-refractivity contribution in [3.63, 3.8) is 0 Å². The molecule has 11 heavy (non-hydrogen) atoms. The predicted molar refractivity (Wildman–Crippen MR) is 47.2 cm³/mol. The lowest BCUT2D eigenvalue weighted by atomic mass is 10.1. The Kier molecular flexibility index (Phi) is 2.74. The molecule has 2 nitrogen and oxygen atoms in total. The summed E-state index contributed by atoms with van der Waals surface area (Å²) in [4.78, 5) is 4.05. The lowest BCUT2D eigenvalue weighted by molar-refractivity contribution is 0.723. The molecule has 1 aliphatic heterocycles. The third-order valence-corrected chi connectivity index (χ3v) is 1.45. The van der Waals surface area contributed by atoms with Crippen LogP contribution in [0.2, 0.25) is 0 Å². The molecule has 0 unspecified atom stereocenters. The van der Waals surface area contributed by atoms with Gasteiger partial charge in [-0.15, -0.1) is 0 Å². The smallest absolute Gasteiger partial charge is 0.102 e. The van der Waals surface area contributed by atoms with Gasteiger partial charge in [-0.2, -0.15) is 0 Å². The van der Waals surface area contributed by atoms with Gasteiger partial charge in [0, 0.05) is 18.0 Å². The van der Waals surface area contributed by atoms with E-state index in [9.17, 15) is 0 Å². The van der Waals surface area contributed by atoms with E-state index in [0.29, 0.717) is 12.5 Å². The van der Waals surface area contributed by atoms with Gasteiger partial charge in [-0.25, -0.2) is 0 Å². The molecule has 0 saturated carbocycles. The Hall–Kier alpha value is -1.23. The highest BCUT2D eigenvalue weighted by Crippen LogP contribution is 2.03. The molecule has 1 heterocycles. The lowest BCUT2D eigenvalue weighted by Crippen LogP contribution is -2.12. The van der Waals surface area contributed by atoms with Gasteiger partial charge >= 0.3 is 0 Å². The Balaban J connectivity index is 2.72. The molecule has 0 aromatic carbocycles. The van der Waals surface area contributed by atoms with Crippen LogP contribution in [0.4, 0.5) is 0 Å². The quantitative estimate of drug-likeness (QED) is 0.554. The fraction of sp³-hybridized carbons (Fsp3) is 0.444. The van der Waals surface area contributed by atoms with Crippen molar-refractivity contribution < 1.29 is 0 Å². The summed E-state index contributed by atoms with van der Waals surface area (Å²) in [6.07, 6.45) is 3.77. The van der Waals surface area contributed by atoms with Crippen LogP contribution in [0.25, 0.3) is 0 Å². The van der Waals surface area contributed by atoms with E-state index < -0.39 is 0 Å². The van der Waals surface area contributed by atoms with Gasteiger partial charge in [0.05, 0.1) is 0 Å². The van der Waals surface area contributed by atoms with Crippen molar-refractivity contribution in [3.05, 3.63) is 11.8 Å². The van der Waals surface area contributed by atoms with E-state index in [2.05, 4.69) is 36.1 Å². The molecular formula is C9H12N2. The second kappa shape index (κ2) is 3.82. The van der Waals surface area contributed by atoms with Gasteiger partial charge in [-0.05, 0) is 12.0 Å². The summed E-state index contributed by atoms with van der Waals surface area (Å²) in [6.45, 7) is 4.83. The third-order valence-electron chi connectivity index (χ3n) is 1.45. The fourth-order valence-electron chi connectivity index (χ4n) is 0.766. The summed E-state index contributed by atoms with van der Waals surface area (Å²) in [7, 11) is 0. The molecule has 1 rings (SSSR count). The topological polar surface area (TPSA) is 24.4 Å². The first-order chi connectivity index (χ1) is 5.30. The Morgan fingerprint density at radius 1 is 1.64 bits per heavy atom. The molecule has 0 amide bonds. The maximum Gasteiger partial charge on any atom is 0.102 e. The van der Waals surface area contributed by atoms with Crippen molar-refractivity contribution in [3.8, 4) is 12.0 Å². The molecule has 0 aliphatic carbocycles. The van der Waals surface area contributed by atoms with Crippen LogP contribution in [-0.4, -0.2) is 12.8 Å². The van der Waals surface area contributed by atoms with Crippen LogP contribution in [0.5, 0.6) is 0 Å². The van der Waals surface area contributed by atoms with Crippen LogP contribution in [0.15, 0.2) is 16.8 Å². The highest BCUT2D eigenvalue weighted by molar-refractivity contribution is 5.72. The molecule has 58 valence electrons. The molecular weight excluding hydrogens is 136 g/mol. The van der Waals surface area contributed by atoms with Crippen LogP contribution < -0.4 is 5.32 Å². The first-order valence-electron chi connectivity index (χ1n) is 3.74. The van der Waals surface area contributed by atoms with Crippen molar-refractivity contribution in [2.75, 3.05) is 6.54 Å². The molecule has 1 aliphatic rings. The largest absolute Gasteiger partial charge is 0.318 e. The van der Waals surface area contributed by atoms with Crippen LogP contribution in [0.3, 0.4) is 0 Å². The van der Waals surface area contributed by atoms with Crippen molar-refractivity contribution in [2.45, 2.75) is 13.8 Å². The number of hydrogen-bond acceptors (Lipinski definition) is 2. The molecule has 0 aromatic rings. The summed E-state index contributed by atoms with van der Waals surface area (Å²) in [5, 5.41) is 3.03. The van der Waals surface area contributed by atoms with E-state index >= 15 is 0 Å². The normalized spacial score (nSPS) is 20.5. The van der Waals surface area contributed by atoms with E-state index in [0.717, 1.165) is 5.70 Å². The maximum absolute atomic E-state index is 4.05. The molecule has 0 spiro atoms. The highest BCUT2D eigenvalue weighted by Gasteiger charge is 1.99. The SMILES string of the molecule is CC(C)/C1=C/C=NCC#CN1. The molecule has 0 bridgehead atoms. The number of nitrogens with zero attached hydrogens (tertiary/aromatic N) is 1. The number of rotatable bonds is 1. The summed E-state index contributed by atoms with van der Waals surface area (Å²) >= 11 is 0. The monoisotopic (exact) mass is 148 g/mol. The Bertz CT molecular complexity index is 238. The molecule has 0 atom stereocenters. The van der Waals surface area contributed by atoms with Gasteiger partial charge in [0.25, 0.3) is 0 Å². The van der Waals surface area contributed by atoms with E-state index in [1.807, 2.05) is 6.08 Å². The summed E-state index contributed by atoms with van der Waals surface area (Å²) in [6, 6.07) is 2.84. The average molecular weight is 148 g/mol. The Labute approximate surface area is 67.4 Å². The van der Waals surface area contributed by atoms with Gasteiger partial charge in [-0.3, -0.25) is 4.99 Å². The van der Waals surface area contributed by atoms with Crippen LogP contribution in [-0.2, 0) is 0 Å². The number of allylic oxidation sites excluding steroid dienone is 2. The maximum atomic E-state index is 4.05. The summed E-state index contributed by atoms with van der Waals surface area (Å²) < 4.78 is 0. The molecule has 0 aromatic heterocycles. The minimum Gasteiger partial charge on any atom is -0.318 e. The molecule has 0 saturated heterocycles.